The van der Waals surface area contributed by atoms with E-state index >= 15 is 0 Å². The molecule has 0 radical (unpaired) electrons. The van der Waals surface area contributed by atoms with Crippen LogP contribution in [0.3, 0.4) is 0 Å². The van der Waals surface area contributed by atoms with Crippen LogP contribution < -0.4 is 15.4 Å². The largest absolute Gasteiger partial charge is 0.435 e. The van der Waals surface area contributed by atoms with Crippen molar-refractivity contribution in [2.24, 2.45) is 5.92 Å². The molecule has 20 heavy (non-hydrogen) atoms. The van der Waals surface area contributed by atoms with Crippen LogP contribution in [0.25, 0.3) is 0 Å². The lowest BCUT2D eigenvalue weighted by molar-refractivity contribution is -0.0498. The topological polar surface area (TPSA) is 53.5 Å². The molecule has 0 aliphatic carbocycles. The molecule has 2 atom stereocenters. The third kappa shape index (κ3) is 5.20. The van der Waals surface area contributed by atoms with Gasteiger partial charge in [-0.3, -0.25) is 0 Å². The first kappa shape index (κ1) is 17.1. The molecule has 4 nitrogen and oxygen atoms in total. The fourth-order valence-corrected chi connectivity index (χ4v) is 2.16. The predicted octanol–water partition coefficient (Wildman–Crippen LogP) is 1.38. The number of hydrogen-bond donors (Lipinski definition) is 3. The summed E-state index contributed by atoms with van der Waals surface area (Å²) < 4.78 is 28.5. The third-order valence-corrected chi connectivity index (χ3v) is 3.16. The van der Waals surface area contributed by atoms with Gasteiger partial charge in [-0.15, -0.1) is 12.4 Å². The average molecular weight is 309 g/mol. The van der Waals surface area contributed by atoms with Crippen molar-refractivity contribution < 1.29 is 18.6 Å². The summed E-state index contributed by atoms with van der Waals surface area (Å²) in [5.74, 6) is 0.359. The summed E-state index contributed by atoms with van der Waals surface area (Å²) in [6.07, 6.45) is -0.319. The Morgan fingerprint density at radius 1 is 1.40 bits per heavy atom. The van der Waals surface area contributed by atoms with Crippen LogP contribution in [-0.4, -0.2) is 37.5 Å². The smallest absolute Gasteiger partial charge is 0.387 e. The number of aliphatic hydroxyl groups excluding tert-OH is 1. The van der Waals surface area contributed by atoms with Crippen molar-refractivity contribution in [3.8, 4) is 5.75 Å². The highest BCUT2D eigenvalue weighted by Gasteiger charge is 2.23. The van der Waals surface area contributed by atoms with Gasteiger partial charge in [-0.2, -0.15) is 8.78 Å². The van der Waals surface area contributed by atoms with E-state index in [1.807, 2.05) is 6.07 Å². The number of rotatable bonds is 6. The highest BCUT2D eigenvalue weighted by molar-refractivity contribution is 5.85. The summed E-state index contributed by atoms with van der Waals surface area (Å²) in [5, 5.41) is 15.9. The van der Waals surface area contributed by atoms with Gasteiger partial charge in [0.25, 0.3) is 0 Å². The fraction of sp³-hybridized carbons (Fsp3) is 0.538. The Bertz CT molecular complexity index is 410. The van der Waals surface area contributed by atoms with Gasteiger partial charge >= 0.3 is 6.61 Å². The third-order valence-electron chi connectivity index (χ3n) is 3.16. The Morgan fingerprint density at radius 2 is 2.20 bits per heavy atom. The molecule has 2 unspecified atom stereocenters. The van der Waals surface area contributed by atoms with Gasteiger partial charge in [-0.25, -0.2) is 0 Å². The van der Waals surface area contributed by atoms with Crippen molar-refractivity contribution in [3.63, 3.8) is 0 Å². The van der Waals surface area contributed by atoms with Crippen LogP contribution in [0, 0.1) is 5.92 Å². The number of aliphatic hydroxyl groups is 1. The molecule has 1 aromatic rings. The van der Waals surface area contributed by atoms with Crippen LogP contribution in [0.1, 0.15) is 5.56 Å². The van der Waals surface area contributed by atoms with E-state index in [1.54, 1.807) is 12.1 Å². The molecule has 7 heteroatoms. The minimum atomic E-state index is -2.80. The number of hydrogen-bond acceptors (Lipinski definition) is 4. The summed E-state index contributed by atoms with van der Waals surface area (Å²) in [5.41, 5.74) is 0.874. The maximum absolute atomic E-state index is 12.1. The first-order chi connectivity index (χ1) is 9.15. The predicted molar refractivity (Wildman–Crippen MR) is 74.4 cm³/mol. The van der Waals surface area contributed by atoms with Gasteiger partial charge in [0.05, 0.1) is 6.10 Å². The van der Waals surface area contributed by atoms with E-state index in [-0.39, 0.29) is 30.2 Å². The van der Waals surface area contributed by atoms with Crippen LogP contribution in [0.15, 0.2) is 24.3 Å². The second-order valence-electron chi connectivity index (χ2n) is 4.64. The Kier molecular flexibility index (Phi) is 7.15. The summed E-state index contributed by atoms with van der Waals surface area (Å²) >= 11 is 0. The second-order valence-corrected chi connectivity index (χ2v) is 4.64. The molecular weight excluding hydrogens is 290 g/mol. The van der Waals surface area contributed by atoms with Gasteiger partial charge in [0.1, 0.15) is 5.75 Å². The second kappa shape index (κ2) is 8.36. The van der Waals surface area contributed by atoms with Gasteiger partial charge in [-0.05, 0) is 17.7 Å². The number of β-amino-alcohol motifs (C(OH)–C–C–N with tert-alkyl or cyclic N) is 1. The van der Waals surface area contributed by atoms with Crippen molar-refractivity contribution in [2.75, 3.05) is 19.6 Å². The maximum atomic E-state index is 12.1. The first-order valence-corrected chi connectivity index (χ1v) is 6.28. The number of ether oxygens (including phenoxy) is 1. The van der Waals surface area contributed by atoms with Crippen molar-refractivity contribution >= 4 is 12.4 Å². The Hall–Kier alpha value is -0.950. The highest BCUT2D eigenvalue weighted by atomic mass is 35.5. The van der Waals surface area contributed by atoms with Crippen molar-refractivity contribution in [1.29, 1.82) is 0 Å². The van der Waals surface area contributed by atoms with E-state index in [1.165, 1.54) is 6.07 Å². The minimum Gasteiger partial charge on any atom is -0.435 e. The molecule has 0 amide bonds. The van der Waals surface area contributed by atoms with Gasteiger partial charge in [-0.1, -0.05) is 12.1 Å². The molecule has 1 saturated heterocycles. The molecule has 0 saturated carbocycles. The standard InChI is InChI=1S/C13H18F2N2O2.ClH/c14-13(15)19-11-3-1-2-9(4-11)5-16-6-10-7-17-8-12(10)18;/h1-4,10,12-13,16-18H,5-8H2;1H. The zero-order chi connectivity index (χ0) is 13.7. The molecule has 1 fully saturated rings. The maximum Gasteiger partial charge on any atom is 0.387 e. The van der Waals surface area contributed by atoms with Gasteiger partial charge in [0, 0.05) is 32.1 Å². The lowest BCUT2D eigenvalue weighted by Crippen LogP contribution is -2.30. The molecule has 2 rings (SSSR count). The summed E-state index contributed by atoms with van der Waals surface area (Å²) in [4.78, 5) is 0. The molecule has 1 aliphatic rings. The molecular formula is C13H19ClF2N2O2. The lowest BCUT2D eigenvalue weighted by atomic mass is 10.1. The van der Waals surface area contributed by atoms with E-state index in [0.29, 0.717) is 19.6 Å². The van der Waals surface area contributed by atoms with E-state index in [2.05, 4.69) is 15.4 Å². The molecule has 1 aromatic carbocycles. The normalized spacial score (nSPS) is 21.8. The average Bonchev–Trinajstić information content (AvgIpc) is 2.75. The van der Waals surface area contributed by atoms with E-state index in [9.17, 15) is 13.9 Å². The zero-order valence-corrected chi connectivity index (χ0v) is 11.7. The van der Waals surface area contributed by atoms with Crippen LogP contribution >= 0.6 is 12.4 Å². The van der Waals surface area contributed by atoms with E-state index in [4.69, 9.17) is 0 Å². The molecule has 0 spiro atoms. The monoisotopic (exact) mass is 308 g/mol. The summed E-state index contributed by atoms with van der Waals surface area (Å²) in [7, 11) is 0. The highest BCUT2D eigenvalue weighted by Crippen LogP contribution is 2.16. The zero-order valence-electron chi connectivity index (χ0n) is 10.9. The molecule has 1 heterocycles. The Labute approximate surface area is 122 Å². The van der Waals surface area contributed by atoms with E-state index < -0.39 is 6.61 Å². The SMILES string of the molecule is Cl.OC1CNCC1CNCc1cccc(OC(F)F)c1. The van der Waals surface area contributed by atoms with Gasteiger partial charge < -0.3 is 20.5 Å². The first-order valence-electron chi connectivity index (χ1n) is 6.28. The molecule has 0 bridgehead atoms. The van der Waals surface area contributed by atoms with Gasteiger partial charge in [0.2, 0.25) is 0 Å². The summed E-state index contributed by atoms with van der Waals surface area (Å²) in [6, 6.07) is 6.61. The van der Waals surface area contributed by atoms with Crippen LogP contribution in [0.5, 0.6) is 5.75 Å². The summed E-state index contributed by atoms with van der Waals surface area (Å²) in [6.45, 7) is -0.132. The van der Waals surface area contributed by atoms with Crippen LogP contribution in [-0.2, 0) is 6.54 Å². The van der Waals surface area contributed by atoms with Crippen molar-refractivity contribution in [2.45, 2.75) is 19.3 Å². The fourth-order valence-electron chi connectivity index (χ4n) is 2.16. The van der Waals surface area contributed by atoms with Crippen LogP contribution in [0.4, 0.5) is 8.78 Å². The minimum absolute atomic E-state index is 0. The molecule has 114 valence electrons. The van der Waals surface area contributed by atoms with E-state index in [0.717, 1.165) is 12.1 Å². The van der Waals surface area contributed by atoms with Crippen molar-refractivity contribution in [3.05, 3.63) is 29.8 Å². The van der Waals surface area contributed by atoms with Crippen LogP contribution in [0.2, 0.25) is 0 Å². The number of benzene rings is 1. The number of alkyl halides is 2. The number of nitrogens with one attached hydrogen (secondary N) is 2. The Morgan fingerprint density at radius 3 is 2.85 bits per heavy atom. The molecule has 3 N–H and O–H groups in total. The molecule has 0 aromatic heterocycles. The number of halogens is 3. The molecule has 1 aliphatic heterocycles. The Balaban J connectivity index is 0.00000200. The van der Waals surface area contributed by atoms with Crippen molar-refractivity contribution in [1.82, 2.24) is 10.6 Å². The lowest BCUT2D eigenvalue weighted by Gasteiger charge is -2.14. The quantitative estimate of drug-likeness (QED) is 0.743. The van der Waals surface area contributed by atoms with Gasteiger partial charge in [0.15, 0.2) is 0 Å².